The van der Waals surface area contributed by atoms with Gasteiger partial charge in [0.1, 0.15) is 0 Å². The first-order valence-corrected chi connectivity index (χ1v) is 7.91. The molecule has 2 aromatic rings. The molecular formula is C15H24N4S. The summed E-state index contributed by atoms with van der Waals surface area (Å²) in [6, 6.07) is 4.62. The fourth-order valence-corrected chi connectivity index (χ4v) is 3.09. The zero-order valence-corrected chi connectivity index (χ0v) is 13.7. The molecule has 5 heteroatoms. The molecule has 2 heterocycles. The molecule has 2 rings (SSSR count). The van der Waals surface area contributed by atoms with Gasteiger partial charge in [-0.2, -0.15) is 5.10 Å². The highest BCUT2D eigenvalue weighted by molar-refractivity contribution is 7.09. The number of aryl methyl sites for hydroxylation is 1. The minimum atomic E-state index is 0.339. The van der Waals surface area contributed by atoms with E-state index in [1.165, 1.54) is 4.88 Å². The maximum atomic E-state index is 6.35. The highest BCUT2D eigenvalue weighted by Gasteiger charge is 2.23. The van der Waals surface area contributed by atoms with Gasteiger partial charge in [0.05, 0.1) is 17.9 Å². The monoisotopic (exact) mass is 292 g/mol. The summed E-state index contributed by atoms with van der Waals surface area (Å²) in [5.74, 6) is 1.36. The van der Waals surface area contributed by atoms with Crippen LogP contribution in [-0.2, 0) is 13.6 Å². The van der Waals surface area contributed by atoms with Crippen molar-refractivity contribution < 1.29 is 0 Å². The molecule has 20 heavy (non-hydrogen) atoms. The van der Waals surface area contributed by atoms with Gasteiger partial charge in [-0.1, -0.05) is 19.9 Å². The number of nitrogens with zero attached hydrogens (tertiary/aromatic N) is 3. The van der Waals surface area contributed by atoms with Gasteiger partial charge in [0.15, 0.2) is 5.82 Å². The van der Waals surface area contributed by atoms with Gasteiger partial charge in [-0.15, -0.1) is 11.3 Å². The fraction of sp³-hybridized carbons (Fsp3) is 0.533. The zero-order valence-electron chi connectivity index (χ0n) is 12.9. The van der Waals surface area contributed by atoms with Crippen molar-refractivity contribution in [2.24, 2.45) is 7.05 Å². The Balaban J connectivity index is 2.39. The molecule has 0 aromatic carbocycles. The van der Waals surface area contributed by atoms with Crippen LogP contribution in [0.1, 0.15) is 44.2 Å². The number of nitrogens with two attached hydrogens (primary N) is 1. The van der Waals surface area contributed by atoms with Gasteiger partial charge >= 0.3 is 0 Å². The summed E-state index contributed by atoms with van der Waals surface area (Å²) in [7, 11) is 1.97. The van der Waals surface area contributed by atoms with E-state index in [0.717, 1.165) is 23.7 Å². The van der Waals surface area contributed by atoms with Gasteiger partial charge in [-0.05, 0) is 31.2 Å². The van der Waals surface area contributed by atoms with E-state index in [4.69, 9.17) is 5.73 Å². The molecule has 0 unspecified atom stereocenters. The van der Waals surface area contributed by atoms with Gasteiger partial charge in [0.25, 0.3) is 0 Å². The van der Waals surface area contributed by atoms with Crippen molar-refractivity contribution in [3.8, 4) is 0 Å². The Labute approximate surface area is 125 Å². The molecule has 0 aliphatic carbocycles. The van der Waals surface area contributed by atoms with Crippen LogP contribution in [0.4, 0.5) is 11.5 Å². The highest BCUT2D eigenvalue weighted by atomic mass is 32.1. The van der Waals surface area contributed by atoms with Crippen molar-refractivity contribution >= 4 is 22.8 Å². The maximum absolute atomic E-state index is 6.35. The van der Waals surface area contributed by atoms with Crippen LogP contribution in [-0.4, -0.2) is 15.8 Å². The lowest BCUT2D eigenvalue weighted by Gasteiger charge is -2.28. The minimum absolute atomic E-state index is 0.339. The highest BCUT2D eigenvalue weighted by Crippen LogP contribution is 2.33. The first-order valence-electron chi connectivity index (χ1n) is 7.03. The van der Waals surface area contributed by atoms with E-state index in [-0.39, 0.29) is 0 Å². The Kier molecular flexibility index (Phi) is 4.38. The van der Waals surface area contributed by atoms with E-state index in [2.05, 4.69) is 55.2 Å². The van der Waals surface area contributed by atoms with Crippen molar-refractivity contribution in [3.63, 3.8) is 0 Å². The molecule has 4 nitrogen and oxygen atoms in total. The maximum Gasteiger partial charge on any atom is 0.150 e. The number of rotatable bonds is 5. The Bertz CT molecular complexity index is 555. The standard InChI is InChI=1S/C15H24N4S/c1-10(2)14-13(16)15(18(5)17-14)19(11(3)4)9-12-7-6-8-20-12/h6-8,10-11H,9,16H2,1-5H3. The largest absolute Gasteiger partial charge is 0.394 e. The Morgan fingerprint density at radius 3 is 2.50 bits per heavy atom. The second-order valence-electron chi connectivity index (χ2n) is 5.70. The van der Waals surface area contributed by atoms with Crippen molar-refractivity contribution in [2.75, 3.05) is 10.6 Å². The van der Waals surface area contributed by atoms with Crippen molar-refractivity contribution in [3.05, 3.63) is 28.1 Å². The smallest absolute Gasteiger partial charge is 0.150 e. The van der Waals surface area contributed by atoms with Gasteiger partial charge in [0, 0.05) is 18.0 Å². The average Bonchev–Trinajstić information content (AvgIpc) is 2.95. The zero-order chi connectivity index (χ0) is 14.9. The second kappa shape index (κ2) is 5.87. The molecule has 0 atom stereocenters. The number of anilines is 2. The van der Waals surface area contributed by atoms with E-state index < -0.39 is 0 Å². The van der Waals surface area contributed by atoms with Crippen LogP contribution in [0.2, 0.25) is 0 Å². The molecule has 0 saturated heterocycles. The first-order chi connectivity index (χ1) is 9.41. The third-order valence-corrected chi connectivity index (χ3v) is 4.29. The normalized spacial score (nSPS) is 11.6. The summed E-state index contributed by atoms with van der Waals surface area (Å²) >= 11 is 1.78. The van der Waals surface area contributed by atoms with Gasteiger partial charge in [-0.3, -0.25) is 4.68 Å². The molecule has 0 radical (unpaired) electrons. The molecule has 110 valence electrons. The number of aromatic nitrogens is 2. The van der Waals surface area contributed by atoms with E-state index >= 15 is 0 Å². The summed E-state index contributed by atoms with van der Waals surface area (Å²) < 4.78 is 1.91. The number of nitrogen functional groups attached to an aromatic ring is 1. The van der Waals surface area contributed by atoms with Gasteiger partial charge in [0.2, 0.25) is 0 Å². The van der Waals surface area contributed by atoms with E-state index in [9.17, 15) is 0 Å². The van der Waals surface area contributed by atoms with Crippen LogP contribution in [0.25, 0.3) is 0 Å². The molecule has 0 bridgehead atoms. The average molecular weight is 292 g/mol. The quantitative estimate of drug-likeness (QED) is 0.916. The van der Waals surface area contributed by atoms with Crippen molar-refractivity contribution in [2.45, 2.75) is 46.2 Å². The number of hydrogen-bond acceptors (Lipinski definition) is 4. The topological polar surface area (TPSA) is 47.1 Å². The molecule has 0 fully saturated rings. The van der Waals surface area contributed by atoms with Gasteiger partial charge in [-0.25, -0.2) is 0 Å². The fourth-order valence-electron chi connectivity index (χ4n) is 2.39. The van der Waals surface area contributed by atoms with Crippen LogP contribution < -0.4 is 10.6 Å². The van der Waals surface area contributed by atoms with Crippen LogP contribution >= 0.6 is 11.3 Å². The van der Waals surface area contributed by atoms with E-state index in [1.807, 2.05) is 11.7 Å². The van der Waals surface area contributed by atoms with E-state index in [0.29, 0.717) is 12.0 Å². The summed E-state index contributed by atoms with van der Waals surface area (Å²) in [5, 5.41) is 6.71. The summed E-state index contributed by atoms with van der Waals surface area (Å²) in [4.78, 5) is 3.66. The predicted molar refractivity (Wildman–Crippen MR) is 87.3 cm³/mol. The van der Waals surface area contributed by atoms with Crippen LogP contribution in [0.5, 0.6) is 0 Å². The molecule has 0 amide bonds. The molecule has 2 N–H and O–H groups in total. The van der Waals surface area contributed by atoms with Crippen LogP contribution in [0.15, 0.2) is 17.5 Å². The third kappa shape index (κ3) is 2.82. The number of thiophene rings is 1. The summed E-state index contributed by atoms with van der Waals surface area (Å²) in [6.07, 6.45) is 0. The second-order valence-corrected chi connectivity index (χ2v) is 6.73. The Morgan fingerprint density at radius 2 is 2.05 bits per heavy atom. The van der Waals surface area contributed by atoms with Crippen LogP contribution in [0.3, 0.4) is 0 Å². The molecular weight excluding hydrogens is 268 g/mol. The SMILES string of the molecule is CC(C)c1nn(C)c(N(Cc2cccs2)C(C)C)c1N. The molecule has 0 aliphatic heterocycles. The molecule has 0 spiro atoms. The van der Waals surface area contributed by atoms with Gasteiger partial charge < -0.3 is 10.6 Å². The Hall–Kier alpha value is -1.49. The third-order valence-electron chi connectivity index (χ3n) is 3.43. The van der Waals surface area contributed by atoms with Crippen molar-refractivity contribution in [1.82, 2.24) is 9.78 Å². The first kappa shape index (κ1) is 14.9. The lowest BCUT2D eigenvalue weighted by atomic mass is 10.1. The summed E-state index contributed by atoms with van der Waals surface area (Å²) in [5.41, 5.74) is 8.15. The molecule has 0 aliphatic rings. The van der Waals surface area contributed by atoms with Crippen molar-refractivity contribution in [1.29, 1.82) is 0 Å². The Morgan fingerprint density at radius 1 is 1.35 bits per heavy atom. The van der Waals surface area contributed by atoms with Crippen LogP contribution in [0, 0.1) is 0 Å². The predicted octanol–water partition coefficient (Wildman–Crippen LogP) is 3.60. The molecule has 2 aromatic heterocycles. The van der Waals surface area contributed by atoms with E-state index in [1.54, 1.807) is 11.3 Å². The minimum Gasteiger partial charge on any atom is -0.394 e. The lowest BCUT2D eigenvalue weighted by Crippen LogP contribution is -2.32. The lowest BCUT2D eigenvalue weighted by molar-refractivity contribution is 0.633. The molecule has 0 saturated carbocycles. The number of hydrogen-bond donors (Lipinski definition) is 1. The summed E-state index contributed by atoms with van der Waals surface area (Å²) in [6.45, 7) is 9.50.